The summed E-state index contributed by atoms with van der Waals surface area (Å²) in [6, 6.07) is 1.52. The van der Waals surface area contributed by atoms with Gasteiger partial charge in [0.15, 0.2) is 0 Å². The Balaban J connectivity index is 2.11. The van der Waals surface area contributed by atoms with Crippen LogP contribution in [-0.2, 0) is 0 Å². The number of nitrogens with one attached hydrogen (secondary N) is 1. The summed E-state index contributed by atoms with van der Waals surface area (Å²) in [7, 11) is 0. The van der Waals surface area contributed by atoms with Gasteiger partial charge in [0.05, 0.1) is 0 Å². The van der Waals surface area contributed by atoms with Gasteiger partial charge in [-0.25, -0.2) is 0 Å². The zero-order valence-electron chi connectivity index (χ0n) is 6.92. The molecule has 2 fully saturated rings. The van der Waals surface area contributed by atoms with Gasteiger partial charge < -0.3 is 10.2 Å². The molecule has 0 amide bonds. The molecule has 0 saturated carbocycles. The Morgan fingerprint density at radius 2 is 2.09 bits per heavy atom. The predicted octanol–water partition coefficient (Wildman–Crippen LogP) is 0.956. The topological polar surface area (TPSA) is 15.3 Å². The van der Waals surface area contributed by atoms with E-state index in [1.165, 1.54) is 25.8 Å². The normalized spacial score (nSPS) is 36.9. The standard InChI is InChI=1S/C9H16N2/c1-2-11-8-3-4-9(11)7-10-6-5-8/h2,8-10H,1,3-7H2. The molecular weight excluding hydrogens is 136 g/mol. The van der Waals surface area contributed by atoms with Crippen molar-refractivity contribution in [1.82, 2.24) is 10.2 Å². The molecule has 0 aliphatic carbocycles. The Labute approximate surface area is 68.3 Å². The summed E-state index contributed by atoms with van der Waals surface area (Å²) in [6.07, 6.45) is 6.04. The Kier molecular flexibility index (Phi) is 1.86. The number of hydrogen-bond acceptors (Lipinski definition) is 2. The molecule has 2 nitrogen and oxygen atoms in total. The van der Waals surface area contributed by atoms with Gasteiger partial charge in [0.1, 0.15) is 0 Å². The van der Waals surface area contributed by atoms with Gasteiger partial charge in [0, 0.05) is 18.6 Å². The quantitative estimate of drug-likeness (QED) is 0.602. The van der Waals surface area contributed by atoms with E-state index in [-0.39, 0.29) is 0 Å². The summed E-state index contributed by atoms with van der Waals surface area (Å²) in [5.74, 6) is 0. The number of fused-ring (bicyclic) bond motifs is 2. The van der Waals surface area contributed by atoms with Crippen LogP contribution in [0, 0.1) is 0 Å². The van der Waals surface area contributed by atoms with E-state index in [0.29, 0.717) is 0 Å². The SMILES string of the molecule is C=CN1C2CCNCC1CC2. The third-order valence-electron chi connectivity index (χ3n) is 2.92. The lowest BCUT2D eigenvalue weighted by Crippen LogP contribution is -2.33. The molecule has 2 heteroatoms. The summed E-state index contributed by atoms with van der Waals surface area (Å²) in [5.41, 5.74) is 0. The highest BCUT2D eigenvalue weighted by Crippen LogP contribution is 2.27. The largest absolute Gasteiger partial charge is 0.371 e. The second-order valence-electron chi connectivity index (χ2n) is 3.51. The fraction of sp³-hybridized carbons (Fsp3) is 0.778. The highest BCUT2D eigenvalue weighted by molar-refractivity contribution is 4.96. The third kappa shape index (κ3) is 1.16. The van der Waals surface area contributed by atoms with Crippen molar-refractivity contribution in [1.29, 1.82) is 0 Å². The van der Waals surface area contributed by atoms with E-state index in [2.05, 4.69) is 16.8 Å². The van der Waals surface area contributed by atoms with Gasteiger partial charge in [-0.15, -0.1) is 0 Å². The van der Waals surface area contributed by atoms with Gasteiger partial charge in [-0.1, -0.05) is 6.58 Å². The molecule has 2 heterocycles. The summed E-state index contributed by atoms with van der Waals surface area (Å²) in [4.78, 5) is 2.44. The Morgan fingerprint density at radius 1 is 1.27 bits per heavy atom. The molecule has 0 radical (unpaired) electrons. The number of nitrogens with zero attached hydrogens (tertiary/aromatic N) is 1. The van der Waals surface area contributed by atoms with Crippen molar-refractivity contribution in [2.45, 2.75) is 31.3 Å². The summed E-state index contributed by atoms with van der Waals surface area (Å²) in [6.45, 7) is 6.21. The zero-order chi connectivity index (χ0) is 7.68. The fourth-order valence-corrected chi connectivity index (χ4v) is 2.32. The van der Waals surface area contributed by atoms with Crippen molar-refractivity contribution in [2.24, 2.45) is 0 Å². The van der Waals surface area contributed by atoms with Gasteiger partial charge in [-0.3, -0.25) is 0 Å². The van der Waals surface area contributed by atoms with Crippen molar-refractivity contribution >= 4 is 0 Å². The average molecular weight is 152 g/mol. The van der Waals surface area contributed by atoms with Crippen molar-refractivity contribution in [3.05, 3.63) is 12.8 Å². The van der Waals surface area contributed by atoms with Crippen LogP contribution in [0.5, 0.6) is 0 Å². The second kappa shape index (κ2) is 2.86. The Hall–Kier alpha value is -0.500. The smallest absolute Gasteiger partial charge is 0.0412 e. The lowest BCUT2D eigenvalue weighted by Gasteiger charge is -2.25. The van der Waals surface area contributed by atoms with Crippen molar-refractivity contribution in [3.63, 3.8) is 0 Å². The lowest BCUT2D eigenvalue weighted by atomic mass is 10.1. The van der Waals surface area contributed by atoms with Crippen LogP contribution in [0.1, 0.15) is 19.3 Å². The van der Waals surface area contributed by atoms with Crippen LogP contribution >= 0.6 is 0 Å². The first-order valence-corrected chi connectivity index (χ1v) is 4.52. The lowest BCUT2D eigenvalue weighted by molar-refractivity contribution is 0.290. The predicted molar refractivity (Wildman–Crippen MR) is 46.3 cm³/mol. The van der Waals surface area contributed by atoms with Gasteiger partial charge in [-0.05, 0) is 32.0 Å². The molecule has 1 N–H and O–H groups in total. The van der Waals surface area contributed by atoms with Crippen molar-refractivity contribution < 1.29 is 0 Å². The molecule has 2 saturated heterocycles. The van der Waals surface area contributed by atoms with Gasteiger partial charge >= 0.3 is 0 Å². The van der Waals surface area contributed by atoms with Crippen LogP contribution in [0.3, 0.4) is 0 Å². The third-order valence-corrected chi connectivity index (χ3v) is 2.92. The van der Waals surface area contributed by atoms with Gasteiger partial charge in [0.25, 0.3) is 0 Å². The van der Waals surface area contributed by atoms with E-state index in [1.54, 1.807) is 0 Å². The maximum Gasteiger partial charge on any atom is 0.0412 e. The molecule has 2 aliphatic heterocycles. The van der Waals surface area contributed by atoms with Crippen molar-refractivity contribution in [2.75, 3.05) is 13.1 Å². The Bertz CT molecular complexity index is 142. The molecule has 0 spiro atoms. The highest BCUT2D eigenvalue weighted by atomic mass is 15.2. The monoisotopic (exact) mass is 152 g/mol. The molecular formula is C9H16N2. The summed E-state index contributed by atoms with van der Waals surface area (Å²) < 4.78 is 0. The van der Waals surface area contributed by atoms with Crippen LogP contribution in [0.15, 0.2) is 12.8 Å². The van der Waals surface area contributed by atoms with E-state index in [4.69, 9.17) is 0 Å². The van der Waals surface area contributed by atoms with E-state index in [0.717, 1.165) is 18.6 Å². The average Bonchev–Trinajstić information content (AvgIpc) is 2.23. The number of rotatable bonds is 1. The van der Waals surface area contributed by atoms with E-state index in [9.17, 15) is 0 Å². The first kappa shape index (κ1) is 7.17. The molecule has 2 aliphatic rings. The van der Waals surface area contributed by atoms with E-state index in [1.807, 2.05) is 6.20 Å². The Morgan fingerprint density at radius 3 is 2.91 bits per heavy atom. The summed E-state index contributed by atoms with van der Waals surface area (Å²) in [5, 5.41) is 3.45. The first-order valence-electron chi connectivity index (χ1n) is 4.52. The van der Waals surface area contributed by atoms with Crippen LogP contribution in [0.25, 0.3) is 0 Å². The molecule has 2 rings (SSSR count). The molecule has 0 aromatic rings. The molecule has 2 bridgehead atoms. The van der Waals surface area contributed by atoms with E-state index >= 15 is 0 Å². The molecule has 0 aromatic heterocycles. The maximum absolute atomic E-state index is 3.86. The minimum absolute atomic E-state index is 0.736. The summed E-state index contributed by atoms with van der Waals surface area (Å²) >= 11 is 0. The zero-order valence-corrected chi connectivity index (χ0v) is 6.92. The minimum atomic E-state index is 0.736. The van der Waals surface area contributed by atoms with Crippen LogP contribution in [0.2, 0.25) is 0 Å². The molecule has 0 aromatic carbocycles. The first-order chi connectivity index (χ1) is 5.42. The molecule has 11 heavy (non-hydrogen) atoms. The molecule has 2 unspecified atom stereocenters. The highest BCUT2D eigenvalue weighted by Gasteiger charge is 2.31. The van der Waals surface area contributed by atoms with Crippen LogP contribution in [0.4, 0.5) is 0 Å². The van der Waals surface area contributed by atoms with Crippen LogP contribution in [-0.4, -0.2) is 30.1 Å². The molecule has 62 valence electrons. The van der Waals surface area contributed by atoms with E-state index < -0.39 is 0 Å². The second-order valence-corrected chi connectivity index (χ2v) is 3.51. The maximum atomic E-state index is 3.86. The van der Waals surface area contributed by atoms with Crippen LogP contribution < -0.4 is 5.32 Å². The number of hydrogen-bond donors (Lipinski definition) is 1. The fourth-order valence-electron chi connectivity index (χ4n) is 2.32. The van der Waals surface area contributed by atoms with Gasteiger partial charge in [-0.2, -0.15) is 0 Å². The minimum Gasteiger partial charge on any atom is -0.371 e. The molecule has 2 atom stereocenters. The van der Waals surface area contributed by atoms with Crippen molar-refractivity contribution in [3.8, 4) is 0 Å². The van der Waals surface area contributed by atoms with Gasteiger partial charge in [0.2, 0.25) is 0 Å².